The van der Waals surface area contributed by atoms with E-state index >= 15 is 0 Å². The minimum atomic E-state index is -0.520. The van der Waals surface area contributed by atoms with Crippen LogP contribution in [-0.2, 0) is 6.42 Å². The summed E-state index contributed by atoms with van der Waals surface area (Å²) in [5.74, 6) is 0.347. The zero-order valence-corrected chi connectivity index (χ0v) is 17.0. The predicted molar refractivity (Wildman–Crippen MR) is 115 cm³/mol. The number of ether oxygens (including phenoxy) is 1. The number of benzene rings is 2. The van der Waals surface area contributed by atoms with E-state index in [1.54, 1.807) is 18.2 Å². The first-order chi connectivity index (χ1) is 13.7. The van der Waals surface area contributed by atoms with Gasteiger partial charge in [-0.1, -0.05) is 11.6 Å². The van der Waals surface area contributed by atoms with Crippen LogP contribution in [0.1, 0.15) is 45.2 Å². The zero-order valence-electron chi connectivity index (χ0n) is 17.0. The maximum absolute atomic E-state index is 13.4. The molecule has 1 aliphatic heterocycles. The molecule has 0 amide bonds. The van der Waals surface area contributed by atoms with Gasteiger partial charge in [0.15, 0.2) is 0 Å². The molecule has 0 atom stereocenters. The Labute approximate surface area is 168 Å². The molecule has 0 unspecified atom stereocenters. The van der Waals surface area contributed by atoms with Crippen LogP contribution in [0, 0.1) is 0 Å². The van der Waals surface area contributed by atoms with E-state index in [0.29, 0.717) is 40.7 Å². The van der Waals surface area contributed by atoms with Crippen molar-refractivity contribution in [2.75, 3.05) is 0 Å². The van der Waals surface area contributed by atoms with Gasteiger partial charge in [-0.3, -0.25) is 4.79 Å². The monoisotopic (exact) mass is 392 g/mol. The molecule has 1 aliphatic rings. The highest BCUT2D eigenvalue weighted by atomic mass is 16.5. The highest BCUT2D eigenvalue weighted by Crippen LogP contribution is 2.41. The second-order valence-corrected chi connectivity index (χ2v) is 8.24. The first kappa shape index (κ1) is 19.1. The van der Waals surface area contributed by atoms with Gasteiger partial charge in [0.2, 0.25) is 5.43 Å². The van der Waals surface area contributed by atoms with Gasteiger partial charge in [-0.15, -0.1) is 0 Å². The van der Waals surface area contributed by atoms with Gasteiger partial charge in [-0.2, -0.15) is 0 Å². The molecule has 0 bridgehead atoms. The lowest BCUT2D eigenvalue weighted by Gasteiger charge is -2.28. The summed E-state index contributed by atoms with van der Waals surface area (Å²) in [6.45, 7) is 7.82. The maximum atomic E-state index is 13.4. The summed E-state index contributed by atoms with van der Waals surface area (Å²) in [4.78, 5) is 13.4. The molecular weight excluding hydrogens is 368 g/mol. The molecule has 0 radical (unpaired) electrons. The Kier molecular flexibility index (Phi) is 4.41. The van der Waals surface area contributed by atoms with Gasteiger partial charge >= 0.3 is 0 Å². The molecule has 5 nitrogen and oxygen atoms in total. The number of hydrogen-bond donors (Lipinski definition) is 2. The molecule has 0 aliphatic carbocycles. The van der Waals surface area contributed by atoms with E-state index in [1.165, 1.54) is 11.6 Å². The number of phenols is 2. The van der Waals surface area contributed by atoms with Gasteiger partial charge in [-0.25, -0.2) is 0 Å². The van der Waals surface area contributed by atoms with Crippen LogP contribution in [0.15, 0.2) is 45.1 Å². The van der Waals surface area contributed by atoms with Crippen molar-refractivity contribution in [1.29, 1.82) is 0 Å². The number of aromatic hydroxyl groups is 2. The topological polar surface area (TPSA) is 79.9 Å². The molecule has 5 heteroatoms. The second kappa shape index (κ2) is 6.69. The lowest BCUT2D eigenvalue weighted by atomic mass is 9.97. The van der Waals surface area contributed by atoms with Gasteiger partial charge in [-0.05, 0) is 64.8 Å². The lowest BCUT2D eigenvalue weighted by molar-refractivity contribution is 0.158. The smallest absolute Gasteiger partial charge is 0.204 e. The Hall–Kier alpha value is -3.21. The van der Waals surface area contributed by atoms with Crippen molar-refractivity contribution >= 4 is 28.0 Å². The van der Waals surface area contributed by atoms with Gasteiger partial charge in [0.05, 0.1) is 10.9 Å². The van der Waals surface area contributed by atoms with Crippen molar-refractivity contribution in [3.05, 3.63) is 57.3 Å². The Balaban J connectivity index is 2.00. The summed E-state index contributed by atoms with van der Waals surface area (Å²) >= 11 is 0. The van der Waals surface area contributed by atoms with E-state index in [-0.39, 0.29) is 27.9 Å². The van der Waals surface area contributed by atoms with Gasteiger partial charge in [0.1, 0.15) is 39.4 Å². The van der Waals surface area contributed by atoms with E-state index < -0.39 is 5.60 Å². The standard InChI is InChI=1S/C24H24O5/c1-13(2)6-5-7-14-16(25)8-9-17-20(14)23(27)21-19(28-17)12-18-15(22(21)26)10-11-24(3,4)29-18/h6,8-12,25-26H,5,7H2,1-4H3. The number of allylic oxidation sites excluding steroid dienone is 2. The van der Waals surface area contributed by atoms with Crippen LogP contribution in [0.3, 0.4) is 0 Å². The third kappa shape index (κ3) is 3.27. The molecule has 0 saturated heterocycles. The molecule has 2 aromatic carbocycles. The molecule has 0 spiro atoms. The predicted octanol–water partition coefficient (Wildman–Crippen LogP) is 5.44. The fourth-order valence-corrected chi connectivity index (χ4v) is 3.73. The summed E-state index contributed by atoms with van der Waals surface area (Å²) in [5, 5.41) is 21.6. The second-order valence-electron chi connectivity index (χ2n) is 8.24. The van der Waals surface area contributed by atoms with Gasteiger partial charge in [0.25, 0.3) is 0 Å². The van der Waals surface area contributed by atoms with E-state index in [2.05, 4.69) is 6.08 Å². The summed E-state index contributed by atoms with van der Waals surface area (Å²) in [6, 6.07) is 4.76. The fraction of sp³-hybridized carbons (Fsp3) is 0.292. The summed E-state index contributed by atoms with van der Waals surface area (Å²) in [6.07, 6.45) is 6.83. The molecule has 1 aromatic heterocycles. The highest BCUT2D eigenvalue weighted by molar-refractivity contribution is 5.98. The highest BCUT2D eigenvalue weighted by Gasteiger charge is 2.27. The van der Waals surface area contributed by atoms with Crippen LogP contribution in [0.2, 0.25) is 0 Å². The summed E-state index contributed by atoms with van der Waals surface area (Å²) < 4.78 is 11.9. The SMILES string of the molecule is CC(C)=CCCc1c(O)ccc2oc3cc4c(c(O)c3c(=O)c12)C=CC(C)(C)O4. The van der Waals surface area contributed by atoms with Crippen molar-refractivity contribution in [2.24, 2.45) is 0 Å². The van der Waals surface area contributed by atoms with Gasteiger partial charge in [0, 0.05) is 11.6 Å². The van der Waals surface area contributed by atoms with Crippen LogP contribution in [-0.4, -0.2) is 15.8 Å². The molecule has 3 aromatic rings. The van der Waals surface area contributed by atoms with Crippen LogP contribution >= 0.6 is 0 Å². The van der Waals surface area contributed by atoms with Crippen molar-refractivity contribution in [3.8, 4) is 17.2 Å². The first-order valence-electron chi connectivity index (χ1n) is 9.67. The van der Waals surface area contributed by atoms with E-state index in [0.717, 1.165) is 0 Å². The molecule has 2 N–H and O–H groups in total. The van der Waals surface area contributed by atoms with E-state index in [4.69, 9.17) is 9.15 Å². The largest absolute Gasteiger partial charge is 0.508 e. The molecule has 29 heavy (non-hydrogen) atoms. The van der Waals surface area contributed by atoms with Crippen molar-refractivity contribution in [2.45, 2.75) is 46.1 Å². The minimum absolute atomic E-state index is 0.0498. The Morgan fingerprint density at radius 2 is 1.90 bits per heavy atom. The molecule has 0 saturated carbocycles. The first-order valence-corrected chi connectivity index (χ1v) is 9.67. The van der Waals surface area contributed by atoms with Crippen LogP contribution in [0.5, 0.6) is 17.2 Å². The minimum Gasteiger partial charge on any atom is -0.508 e. The number of hydrogen-bond acceptors (Lipinski definition) is 5. The molecule has 2 heterocycles. The van der Waals surface area contributed by atoms with Crippen LogP contribution in [0.25, 0.3) is 28.0 Å². The lowest BCUT2D eigenvalue weighted by Crippen LogP contribution is -2.27. The normalized spacial score (nSPS) is 14.6. The van der Waals surface area contributed by atoms with Crippen LogP contribution < -0.4 is 10.2 Å². The molecule has 4 rings (SSSR count). The molecule has 0 fully saturated rings. The van der Waals surface area contributed by atoms with Gasteiger partial charge < -0.3 is 19.4 Å². The van der Waals surface area contributed by atoms with Crippen molar-refractivity contribution < 1.29 is 19.4 Å². The Morgan fingerprint density at radius 3 is 2.62 bits per heavy atom. The number of aryl methyl sites for hydroxylation is 1. The van der Waals surface area contributed by atoms with Crippen molar-refractivity contribution in [3.63, 3.8) is 0 Å². The summed E-state index contributed by atoms with van der Waals surface area (Å²) in [7, 11) is 0. The van der Waals surface area contributed by atoms with Crippen LogP contribution in [0.4, 0.5) is 0 Å². The van der Waals surface area contributed by atoms with Crippen molar-refractivity contribution in [1.82, 2.24) is 0 Å². The average molecular weight is 392 g/mol. The van der Waals surface area contributed by atoms with E-state index in [1.807, 2.05) is 33.8 Å². The quantitative estimate of drug-likeness (QED) is 0.458. The average Bonchev–Trinajstić information content (AvgIpc) is 2.62. The number of fused-ring (bicyclic) bond motifs is 3. The third-order valence-electron chi connectivity index (χ3n) is 5.16. The number of phenolic OH excluding ortho intramolecular Hbond substituents is 2. The zero-order chi connectivity index (χ0) is 20.9. The number of rotatable bonds is 3. The Morgan fingerprint density at radius 1 is 1.14 bits per heavy atom. The molecule has 150 valence electrons. The fourth-order valence-electron chi connectivity index (χ4n) is 3.73. The molecular formula is C24H24O5. The Bertz CT molecular complexity index is 1250. The summed E-state index contributed by atoms with van der Waals surface area (Å²) in [5.41, 5.74) is 1.90. The van der Waals surface area contributed by atoms with E-state index in [9.17, 15) is 15.0 Å². The third-order valence-corrected chi connectivity index (χ3v) is 5.16. The maximum Gasteiger partial charge on any atom is 0.204 e.